The molecule has 1 aromatic carbocycles. The molecule has 1 aromatic rings. The van der Waals surface area contributed by atoms with Crippen molar-refractivity contribution in [3.63, 3.8) is 0 Å². The van der Waals surface area contributed by atoms with E-state index in [9.17, 15) is 4.79 Å². The van der Waals surface area contributed by atoms with Crippen LogP contribution < -0.4 is 11.1 Å². The minimum Gasteiger partial charge on any atom is -0.481 e. The second kappa shape index (κ2) is 8.15. The maximum absolute atomic E-state index is 12.2. The summed E-state index contributed by atoms with van der Waals surface area (Å²) < 4.78 is 0. The summed E-state index contributed by atoms with van der Waals surface area (Å²) in [5.41, 5.74) is 8.54. The Kier molecular flexibility index (Phi) is 6.20. The molecule has 1 aliphatic heterocycles. The Bertz CT molecular complexity index is 555. The number of carboxylic acid groups (broad SMARTS) is 1. The van der Waals surface area contributed by atoms with Crippen molar-refractivity contribution in [2.75, 3.05) is 13.1 Å². The van der Waals surface area contributed by atoms with Crippen molar-refractivity contribution in [1.82, 2.24) is 10.2 Å². The lowest BCUT2D eigenvalue weighted by Crippen LogP contribution is -2.53. The van der Waals surface area contributed by atoms with Gasteiger partial charge in [0.15, 0.2) is 0 Å². The molecule has 2 bridgehead atoms. The number of urea groups is 1. The van der Waals surface area contributed by atoms with E-state index in [0.717, 1.165) is 25.6 Å². The number of hydrogen-bond acceptors (Lipinski definition) is 3. The van der Waals surface area contributed by atoms with E-state index in [2.05, 4.69) is 36.5 Å². The maximum atomic E-state index is 12.2. The van der Waals surface area contributed by atoms with Gasteiger partial charge in [0.05, 0.1) is 0 Å². The number of fused-ring (bicyclic) bond motifs is 2. The molecule has 4 N–H and O–H groups in total. The number of nitrogens with zero attached hydrogens (tertiary/aromatic N) is 1. The number of hydrogen-bond donors (Lipinski definition) is 3. The van der Waals surface area contributed by atoms with Crippen LogP contribution in [0.3, 0.4) is 0 Å². The number of piperidine rings is 1. The molecule has 6 heteroatoms. The molecule has 3 atom stereocenters. The molecule has 3 rings (SSSR count). The zero-order valence-electron chi connectivity index (χ0n) is 14.4. The fraction of sp³-hybridized carbons (Fsp3) is 0.556. The molecule has 132 valence electrons. The molecule has 2 aliphatic rings. The van der Waals surface area contributed by atoms with Crippen LogP contribution in [0.1, 0.15) is 30.9 Å². The molecule has 6 nitrogen and oxygen atoms in total. The van der Waals surface area contributed by atoms with Crippen molar-refractivity contribution in [2.45, 2.75) is 39.3 Å². The van der Waals surface area contributed by atoms with Crippen LogP contribution >= 0.6 is 0 Å². The Morgan fingerprint density at radius 2 is 1.71 bits per heavy atom. The second-order valence-electron chi connectivity index (χ2n) is 6.74. The first-order valence-electron chi connectivity index (χ1n) is 8.40. The standard InChI is InChI=1S/C16H23N3O.C2H4O2/c1-11-2-4-12(5-3-11)8-18-16(20)19-9-13-6-7-14(10-19)15(13)17;1-2(3)4/h2-5,13-15H,6-10,17H2,1H3,(H,18,20);1H3,(H,3,4)/t13-,14+,15?;. The smallest absolute Gasteiger partial charge is 0.317 e. The monoisotopic (exact) mass is 333 g/mol. The van der Waals surface area contributed by atoms with Crippen molar-refractivity contribution in [2.24, 2.45) is 17.6 Å². The first-order chi connectivity index (χ1) is 11.4. The summed E-state index contributed by atoms with van der Waals surface area (Å²) in [7, 11) is 0. The number of likely N-dealkylation sites (tertiary alicyclic amines) is 1. The number of carbonyl (C=O) groups is 2. The predicted molar refractivity (Wildman–Crippen MR) is 92.5 cm³/mol. The van der Waals surface area contributed by atoms with Crippen LogP contribution in [0.25, 0.3) is 0 Å². The first kappa shape index (κ1) is 18.3. The van der Waals surface area contributed by atoms with Crippen molar-refractivity contribution in [1.29, 1.82) is 0 Å². The van der Waals surface area contributed by atoms with Crippen LogP contribution in [-0.2, 0) is 11.3 Å². The predicted octanol–water partition coefficient (Wildman–Crippen LogP) is 1.96. The van der Waals surface area contributed by atoms with E-state index in [1.54, 1.807) is 0 Å². The highest BCUT2D eigenvalue weighted by molar-refractivity contribution is 5.74. The summed E-state index contributed by atoms with van der Waals surface area (Å²) in [4.78, 5) is 23.2. The summed E-state index contributed by atoms with van der Waals surface area (Å²) in [6, 6.07) is 8.62. The second-order valence-corrected chi connectivity index (χ2v) is 6.74. The molecule has 2 amide bonds. The van der Waals surface area contributed by atoms with E-state index >= 15 is 0 Å². The Balaban J connectivity index is 0.000000471. The number of aryl methyl sites for hydroxylation is 1. The van der Waals surface area contributed by atoms with Crippen LogP contribution in [-0.4, -0.2) is 41.1 Å². The van der Waals surface area contributed by atoms with E-state index in [1.165, 1.54) is 18.4 Å². The van der Waals surface area contributed by atoms with Gasteiger partial charge in [-0.3, -0.25) is 4.79 Å². The summed E-state index contributed by atoms with van der Waals surface area (Å²) in [6.45, 7) is 5.38. The van der Waals surface area contributed by atoms with Crippen LogP contribution in [0.4, 0.5) is 4.79 Å². The van der Waals surface area contributed by atoms with E-state index in [1.807, 2.05) is 4.90 Å². The molecule has 2 fully saturated rings. The minimum absolute atomic E-state index is 0.0503. The van der Waals surface area contributed by atoms with Gasteiger partial charge in [-0.15, -0.1) is 0 Å². The third-order valence-electron chi connectivity index (χ3n) is 4.76. The topological polar surface area (TPSA) is 95.7 Å². The lowest BCUT2D eigenvalue weighted by atomic mass is 9.93. The highest BCUT2D eigenvalue weighted by atomic mass is 16.4. The molecular formula is C18H27N3O3. The fourth-order valence-corrected chi connectivity index (χ4v) is 3.43. The van der Waals surface area contributed by atoms with Gasteiger partial charge in [0.1, 0.15) is 0 Å². The maximum Gasteiger partial charge on any atom is 0.317 e. The summed E-state index contributed by atoms with van der Waals surface area (Å²) in [6.07, 6.45) is 2.35. The van der Waals surface area contributed by atoms with Crippen molar-refractivity contribution in [3.05, 3.63) is 35.4 Å². The Morgan fingerprint density at radius 1 is 1.21 bits per heavy atom. The van der Waals surface area contributed by atoms with Gasteiger partial charge in [-0.05, 0) is 37.2 Å². The molecule has 1 saturated carbocycles. The van der Waals surface area contributed by atoms with E-state index < -0.39 is 5.97 Å². The van der Waals surface area contributed by atoms with Crippen LogP contribution in [0.15, 0.2) is 24.3 Å². The number of aliphatic carboxylic acids is 1. The number of benzene rings is 1. The highest BCUT2D eigenvalue weighted by Crippen LogP contribution is 2.35. The van der Waals surface area contributed by atoms with Crippen molar-refractivity contribution < 1.29 is 14.7 Å². The van der Waals surface area contributed by atoms with Crippen LogP contribution in [0.2, 0.25) is 0 Å². The zero-order valence-corrected chi connectivity index (χ0v) is 14.4. The Morgan fingerprint density at radius 3 is 2.21 bits per heavy atom. The summed E-state index contributed by atoms with van der Waals surface area (Å²) in [5.74, 6) is 0.165. The molecule has 0 radical (unpaired) electrons. The number of amides is 2. The number of rotatable bonds is 2. The molecular weight excluding hydrogens is 306 g/mol. The van der Waals surface area contributed by atoms with Gasteiger partial charge in [0.2, 0.25) is 0 Å². The Labute approximate surface area is 143 Å². The van der Waals surface area contributed by atoms with Gasteiger partial charge in [-0.1, -0.05) is 29.8 Å². The van der Waals surface area contributed by atoms with Gasteiger partial charge < -0.3 is 21.1 Å². The quantitative estimate of drug-likeness (QED) is 0.771. The lowest BCUT2D eigenvalue weighted by molar-refractivity contribution is -0.134. The minimum atomic E-state index is -0.833. The van der Waals surface area contributed by atoms with Gasteiger partial charge in [0.25, 0.3) is 5.97 Å². The zero-order chi connectivity index (χ0) is 17.7. The highest BCUT2D eigenvalue weighted by Gasteiger charge is 2.41. The van der Waals surface area contributed by atoms with Crippen molar-refractivity contribution >= 4 is 12.0 Å². The van der Waals surface area contributed by atoms with E-state index in [4.69, 9.17) is 15.6 Å². The first-order valence-corrected chi connectivity index (χ1v) is 8.40. The van der Waals surface area contributed by atoms with Gasteiger partial charge in [-0.2, -0.15) is 0 Å². The molecule has 1 aliphatic carbocycles. The van der Waals surface area contributed by atoms with Gasteiger partial charge >= 0.3 is 6.03 Å². The average molecular weight is 333 g/mol. The van der Waals surface area contributed by atoms with E-state index in [-0.39, 0.29) is 6.03 Å². The molecule has 1 heterocycles. The molecule has 0 spiro atoms. The fourth-order valence-electron chi connectivity index (χ4n) is 3.43. The van der Waals surface area contributed by atoms with Crippen molar-refractivity contribution in [3.8, 4) is 0 Å². The summed E-state index contributed by atoms with van der Waals surface area (Å²) >= 11 is 0. The Hall–Kier alpha value is -2.08. The third-order valence-corrected chi connectivity index (χ3v) is 4.76. The number of nitrogens with two attached hydrogens (primary N) is 1. The molecule has 1 saturated heterocycles. The number of nitrogens with one attached hydrogen (secondary N) is 1. The normalized spacial score (nSPS) is 24.8. The molecule has 0 aromatic heterocycles. The largest absolute Gasteiger partial charge is 0.481 e. The van der Waals surface area contributed by atoms with Gasteiger partial charge in [-0.25, -0.2) is 4.79 Å². The average Bonchev–Trinajstić information content (AvgIpc) is 2.75. The lowest BCUT2D eigenvalue weighted by Gasteiger charge is -2.36. The number of carboxylic acids is 1. The van der Waals surface area contributed by atoms with Crippen LogP contribution in [0, 0.1) is 18.8 Å². The van der Waals surface area contributed by atoms with E-state index in [0.29, 0.717) is 24.4 Å². The van der Waals surface area contributed by atoms with Crippen LogP contribution in [0.5, 0.6) is 0 Å². The molecule has 24 heavy (non-hydrogen) atoms. The summed E-state index contributed by atoms with van der Waals surface area (Å²) in [5, 5.41) is 10.4. The molecule has 1 unspecified atom stereocenters. The SMILES string of the molecule is CC(=O)O.Cc1ccc(CNC(=O)N2C[C@H]3CC[C@@H](C2)C3N)cc1. The number of carbonyl (C=O) groups excluding carboxylic acids is 1. The van der Waals surface area contributed by atoms with Gasteiger partial charge in [0, 0.05) is 32.6 Å². The third kappa shape index (κ3) is 4.96.